The molecule has 1 atom stereocenters. The summed E-state index contributed by atoms with van der Waals surface area (Å²) in [5.41, 5.74) is 0.730. The van der Waals surface area contributed by atoms with Gasteiger partial charge in [0.05, 0.1) is 6.42 Å². The highest BCUT2D eigenvalue weighted by molar-refractivity contribution is 5.78. The molecule has 0 saturated carbocycles. The van der Waals surface area contributed by atoms with Gasteiger partial charge in [0.2, 0.25) is 5.91 Å². The SMILES string of the molecule is CC(CCC(=O)O)CNC(=O)Cc1ccccn1. The lowest BCUT2D eigenvalue weighted by molar-refractivity contribution is -0.137. The predicted molar refractivity (Wildman–Crippen MR) is 67.0 cm³/mol. The maximum Gasteiger partial charge on any atom is 0.303 e. The van der Waals surface area contributed by atoms with E-state index in [-0.39, 0.29) is 24.7 Å². The summed E-state index contributed by atoms with van der Waals surface area (Å²) >= 11 is 0. The van der Waals surface area contributed by atoms with E-state index in [2.05, 4.69) is 10.3 Å². The van der Waals surface area contributed by atoms with Gasteiger partial charge in [0.15, 0.2) is 0 Å². The van der Waals surface area contributed by atoms with Crippen LogP contribution in [0.1, 0.15) is 25.5 Å². The third kappa shape index (κ3) is 5.98. The lowest BCUT2D eigenvalue weighted by Crippen LogP contribution is -2.30. The van der Waals surface area contributed by atoms with Crippen LogP contribution in [0.2, 0.25) is 0 Å². The van der Waals surface area contributed by atoms with E-state index in [0.717, 1.165) is 5.69 Å². The fourth-order valence-corrected chi connectivity index (χ4v) is 1.49. The van der Waals surface area contributed by atoms with Gasteiger partial charge in [-0.2, -0.15) is 0 Å². The quantitative estimate of drug-likeness (QED) is 0.763. The van der Waals surface area contributed by atoms with Crippen molar-refractivity contribution in [1.29, 1.82) is 0 Å². The van der Waals surface area contributed by atoms with Gasteiger partial charge >= 0.3 is 5.97 Å². The molecule has 1 aromatic rings. The topological polar surface area (TPSA) is 79.3 Å². The monoisotopic (exact) mass is 250 g/mol. The molecule has 0 fully saturated rings. The number of carbonyl (C=O) groups is 2. The first kappa shape index (κ1) is 14.2. The highest BCUT2D eigenvalue weighted by Crippen LogP contribution is 2.04. The van der Waals surface area contributed by atoms with Crippen LogP contribution in [-0.4, -0.2) is 28.5 Å². The molecule has 1 unspecified atom stereocenters. The van der Waals surface area contributed by atoms with Crippen LogP contribution in [0, 0.1) is 5.92 Å². The van der Waals surface area contributed by atoms with Gasteiger partial charge in [0.25, 0.3) is 0 Å². The Morgan fingerprint density at radius 2 is 2.22 bits per heavy atom. The van der Waals surface area contributed by atoms with Gasteiger partial charge in [-0.05, 0) is 24.5 Å². The molecule has 0 spiro atoms. The number of carboxylic acids is 1. The van der Waals surface area contributed by atoms with Crippen molar-refractivity contribution in [2.45, 2.75) is 26.2 Å². The molecule has 1 heterocycles. The second-order valence-corrected chi connectivity index (χ2v) is 4.34. The molecule has 0 aliphatic rings. The van der Waals surface area contributed by atoms with Gasteiger partial charge in [0.1, 0.15) is 0 Å². The molecule has 0 aliphatic carbocycles. The fourth-order valence-electron chi connectivity index (χ4n) is 1.49. The van der Waals surface area contributed by atoms with Crippen molar-refractivity contribution < 1.29 is 14.7 Å². The normalized spacial score (nSPS) is 11.8. The molecule has 1 rings (SSSR count). The van der Waals surface area contributed by atoms with Crippen LogP contribution in [0.15, 0.2) is 24.4 Å². The van der Waals surface area contributed by atoms with E-state index in [1.165, 1.54) is 0 Å². The molecule has 1 amide bonds. The van der Waals surface area contributed by atoms with Crippen LogP contribution in [0.4, 0.5) is 0 Å². The Morgan fingerprint density at radius 1 is 1.44 bits per heavy atom. The number of aliphatic carboxylic acids is 1. The van der Waals surface area contributed by atoms with Gasteiger partial charge in [0, 0.05) is 24.9 Å². The summed E-state index contributed by atoms with van der Waals surface area (Å²) in [4.78, 5) is 26.0. The summed E-state index contributed by atoms with van der Waals surface area (Å²) in [6, 6.07) is 5.44. The van der Waals surface area contributed by atoms with Crippen molar-refractivity contribution in [3.63, 3.8) is 0 Å². The zero-order valence-electron chi connectivity index (χ0n) is 10.4. The second-order valence-electron chi connectivity index (χ2n) is 4.34. The van der Waals surface area contributed by atoms with Crippen molar-refractivity contribution in [1.82, 2.24) is 10.3 Å². The van der Waals surface area contributed by atoms with Gasteiger partial charge < -0.3 is 10.4 Å². The zero-order chi connectivity index (χ0) is 13.4. The Morgan fingerprint density at radius 3 is 2.83 bits per heavy atom. The zero-order valence-corrected chi connectivity index (χ0v) is 10.4. The largest absolute Gasteiger partial charge is 0.481 e. The number of amides is 1. The summed E-state index contributed by atoms with van der Waals surface area (Å²) < 4.78 is 0. The number of aromatic nitrogens is 1. The summed E-state index contributed by atoms with van der Waals surface area (Å²) in [5.74, 6) is -0.730. The van der Waals surface area contributed by atoms with Crippen LogP contribution in [0.3, 0.4) is 0 Å². The Balaban J connectivity index is 2.23. The minimum Gasteiger partial charge on any atom is -0.481 e. The Bertz CT molecular complexity index is 392. The maximum atomic E-state index is 11.6. The number of carboxylic acid groups (broad SMARTS) is 1. The molecule has 0 aliphatic heterocycles. The number of pyridine rings is 1. The highest BCUT2D eigenvalue weighted by Gasteiger charge is 2.08. The Kier molecular flexibility index (Phi) is 5.84. The first-order valence-electron chi connectivity index (χ1n) is 5.96. The first-order chi connectivity index (χ1) is 8.58. The molecule has 0 bridgehead atoms. The number of hydrogen-bond donors (Lipinski definition) is 2. The first-order valence-corrected chi connectivity index (χ1v) is 5.96. The summed E-state index contributed by atoms with van der Waals surface area (Å²) in [7, 11) is 0. The number of rotatable bonds is 7. The number of nitrogens with zero attached hydrogens (tertiary/aromatic N) is 1. The highest BCUT2D eigenvalue weighted by atomic mass is 16.4. The Hall–Kier alpha value is -1.91. The molecule has 2 N–H and O–H groups in total. The van der Waals surface area contributed by atoms with Gasteiger partial charge in [-0.3, -0.25) is 14.6 Å². The van der Waals surface area contributed by atoms with Crippen molar-refractivity contribution >= 4 is 11.9 Å². The molecular formula is C13H18N2O3. The standard InChI is InChI=1S/C13H18N2O3/c1-10(5-6-13(17)18)9-15-12(16)8-11-4-2-3-7-14-11/h2-4,7,10H,5-6,8-9H2,1H3,(H,15,16)(H,17,18). The van der Waals surface area contributed by atoms with Crippen LogP contribution in [0.5, 0.6) is 0 Å². The third-order valence-electron chi connectivity index (χ3n) is 2.57. The van der Waals surface area contributed by atoms with E-state index in [1.807, 2.05) is 13.0 Å². The van der Waals surface area contributed by atoms with Crippen LogP contribution >= 0.6 is 0 Å². The van der Waals surface area contributed by atoms with Gasteiger partial charge in [-0.1, -0.05) is 13.0 Å². The van der Waals surface area contributed by atoms with E-state index in [9.17, 15) is 9.59 Å². The fraction of sp³-hybridized carbons (Fsp3) is 0.462. The molecule has 5 heteroatoms. The minimum absolute atomic E-state index is 0.0872. The maximum absolute atomic E-state index is 11.6. The molecule has 0 aromatic carbocycles. The van der Waals surface area contributed by atoms with Crippen LogP contribution in [-0.2, 0) is 16.0 Å². The average molecular weight is 250 g/mol. The number of carbonyl (C=O) groups excluding carboxylic acids is 1. The molecular weight excluding hydrogens is 232 g/mol. The molecule has 0 radical (unpaired) electrons. The molecule has 5 nitrogen and oxygen atoms in total. The molecule has 0 saturated heterocycles. The van der Waals surface area contributed by atoms with Gasteiger partial charge in [-0.25, -0.2) is 0 Å². The van der Waals surface area contributed by atoms with E-state index in [1.54, 1.807) is 18.3 Å². The number of nitrogens with one attached hydrogen (secondary N) is 1. The third-order valence-corrected chi connectivity index (χ3v) is 2.57. The summed E-state index contributed by atoms with van der Waals surface area (Å²) in [6.07, 6.45) is 2.61. The van der Waals surface area contributed by atoms with Crippen LogP contribution < -0.4 is 5.32 Å². The minimum atomic E-state index is -0.804. The van der Waals surface area contributed by atoms with Crippen molar-refractivity contribution in [3.05, 3.63) is 30.1 Å². The molecule has 1 aromatic heterocycles. The van der Waals surface area contributed by atoms with Crippen LogP contribution in [0.25, 0.3) is 0 Å². The van der Waals surface area contributed by atoms with Gasteiger partial charge in [-0.15, -0.1) is 0 Å². The second kappa shape index (κ2) is 7.42. The Labute approximate surface area is 106 Å². The van der Waals surface area contributed by atoms with Crippen molar-refractivity contribution in [3.8, 4) is 0 Å². The molecule has 18 heavy (non-hydrogen) atoms. The van der Waals surface area contributed by atoms with Crippen molar-refractivity contribution in [2.75, 3.05) is 6.54 Å². The van der Waals surface area contributed by atoms with E-state index in [4.69, 9.17) is 5.11 Å². The lowest BCUT2D eigenvalue weighted by atomic mass is 10.1. The lowest BCUT2D eigenvalue weighted by Gasteiger charge is -2.11. The van der Waals surface area contributed by atoms with Crippen molar-refractivity contribution in [2.24, 2.45) is 5.92 Å². The average Bonchev–Trinajstić information content (AvgIpc) is 2.35. The summed E-state index contributed by atoms with van der Waals surface area (Å²) in [5, 5.41) is 11.3. The summed E-state index contributed by atoms with van der Waals surface area (Å²) in [6.45, 7) is 2.42. The molecule has 98 valence electrons. The predicted octanol–water partition coefficient (Wildman–Crippen LogP) is 1.24. The number of hydrogen-bond acceptors (Lipinski definition) is 3. The van der Waals surface area contributed by atoms with E-state index < -0.39 is 5.97 Å². The smallest absolute Gasteiger partial charge is 0.303 e. The van der Waals surface area contributed by atoms with E-state index >= 15 is 0 Å². The van der Waals surface area contributed by atoms with E-state index in [0.29, 0.717) is 13.0 Å².